The lowest BCUT2D eigenvalue weighted by atomic mass is 10.1. The summed E-state index contributed by atoms with van der Waals surface area (Å²) >= 11 is 5.90. The number of ether oxygens (including phenoxy) is 2. The SMILES string of the molecule is COc1ccc(COc2cccc(Cl)c2)cc1C(N)=NO. The highest BCUT2D eigenvalue weighted by Crippen LogP contribution is 2.22. The van der Waals surface area contributed by atoms with E-state index in [4.69, 9.17) is 32.0 Å². The fourth-order valence-electron chi connectivity index (χ4n) is 1.82. The number of hydrogen-bond donors (Lipinski definition) is 2. The molecule has 2 aromatic carbocycles. The normalized spacial score (nSPS) is 11.2. The first-order valence-electron chi connectivity index (χ1n) is 6.17. The topological polar surface area (TPSA) is 77.1 Å². The summed E-state index contributed by atoms with van der Waals surface area (Å²) in [5.74, 6) is 1.18. The number of hydrogen-bond acceptors (Lipinski definition) is 4. The molecule has 110 valence electrons. The third-order valence-corrected chi connectivity index (χ3v) is 3.08. The molecule has 0 fully saturated rings. The van der Waals surface area contributed by atoms with E-state index in [9.17, 15) is 0 Å². The van der Waals surface area contributed by atoms with E-state index in [2.05, 4.69) is 5.16 Å². The van der Waals surface area contributed by atoms with Gasteiger partial charge in [0.05, 0.1) is 12.7 Å². The second-order valence-corrected chi connectivity index (χ2v) is 4.70. The largest absolute Gasteiger partial charge is 0.496 e. The Kier molecular flexibility index (Phi) is 4.90. The van der Waals surface area contributed by atoms with E-state index >= 15 is 0 Å². The highest BCUT2D eigenvalue weighted by Gasteiger charge is 2.09. The maximum Gasteiger partial charge on any atom is 0.173 e. The predicted molar refractivity (Wildman–Crippen MR) is 81.3 cm³/mol. The van der Waals surface area contributed by atoms with Crippen molar-refractivity contribution in [3.63, 3.8) is 0 Å². The van der Waals surface area contributed by atoms with E-state index in [0.717, 1.165) is 5.56 Å². The van der Waals surface area contributed by atoms with Crippen molar-refractivity contribution >= 4 is 17.4 Å². The van der Waals surface area contributed by atoms with Gasteiger partial charge in [-0.25, -0.2) is 0 Å². The quantitative estimate of drug-likeness (QED) is 0.385. The Balaban J connectivity index is 2.17. The molecule has 0 saturated carbocycles. The third kappa shape index (κ3) is 3.79. The first kappa shape index (κ1) is 15.0. The molecule has 0 aliphatic rings. The molecule has 0 aliphatic carbocycles. The highest BCUT2D eigenvalue weighted by atomic mass is 35.5. The van der Waals surface area contributed by atoms with Crippen molar-refractivity contribution < 1.29 is 14.7 Å². The maximum absolute atomic E-state index is 8.80. The average molecular weight is 307 g/mol. The number of benzene rings is 2. The Morgan fingerprint density at radius 3 is 2.76 bits per heavy atom. The molecule has 3 N–H and O–H groups in total. The van der Waals surface area contributed by atoms with Crippen LogP contribution in [0.25, 0.3) is 0 Å². The number of methoxy groups -OCH3 is 1. The van der Waals surface area contributed by atoms with Gasteiger partial charge in [-0.15, -0.1) is 0 Å². The monoisotopic (exact) mass is 306 g/mol. The zero-order valence-corrected chi connectivity index (χ0v) is 12.2. The number of amidine groups is 1. The molecule has 0 saturated heterocycles. The van der Waals surface area contributed by atoms with Crippen molar-refractivity contribution in [2.45, 2.75) is 6.61 Å². The first-order chi connectivity index (χ1) is 10.1. The highest BCUT2D eigenvalue weighted by molar-refractivity contribution is 6.30. The predicted octanol–water partition coefficient (Wildman–Crippen LogP) is 3.02. The van der Waals surface area contributed by atoms with E-state index in [-0.39, 0.29) is 5.84 Å². The van der Waals surface area contributed by atoms with Crippen LogP contribution in [0.5, 0.6) is 11.5 Å². The Morgan fingerprint density at radius 1 is 1.29 bits per heavy atom. The van der Waals surface area contributed by atoms with Gasteiger partial charge in [-0.1, -0.05) is 28.9 Å². The molecule has 0 aromatic heterocycles. The summed E-state index contributed by atoms with van der Waals surface area (Å²) in [6, 6.07) is 12.5. The van der Waals surface area contributed by atoms with Crippen molar-refractivity contribution in [1.82, 2.24) is 0 Å². The molecule has 0 heterocycles. The Bertz CT molecular complexity index is 659. The molecule has 21 heavy (non-hydrogen) atoms. The van der Waals surface area contributed by atoms with E-state index in [1.807, 2.05) is 18.2 Å². The smallest absolute Gasteiger partial charge is 0.173 e. The van der Waals surface area contributed by atoms with E-state index < -0.39 is 0 Å². The van der Waals surface area contributed by atoms with Gasteiger partial charge in [0.2, 0.25) is 0 Å². The third-order valence-electron chi connectivity index (χ3n) is 2.85. The molecule has 6 heteroatoms. The summed E-state index contributed by atoms with van der Waals surface area (Å²) < 4.78 is 10.8. The number of nitrogens with zero attached hydrogens (tertiary/aromatic N) is 1. The minimum atomic E-state index is -0.0172. The van der Waals surface area contributed by atoms with Crippen LogP contribution in [-0.4, -0.2) is 18.2 Å². The molecule has 0 unspecified atom stereocenters. The van der Waals surface area contributed by atoms with Gasteiger partial charge in [-0.05, 0) is 35.9 Å². The summed E-state index contributed by atoms with van der Waals surface area (Å²) in [4.78, 5) is 0. The molecule has 5 nitrogen and oxygen atoms in total. The van der Waals surface area contributed by atoms with Crippen LogP contribution in [0.2, 0.25) is 5.02 Å². The van der Waals surface area contributed by atoms with E-state index in [1.165, 1.54) is 7.11 Å². The Morgan fingerprint density at radius 2 is 2.10 bits per heavy atom. The van der Waals surface area contributed by atoms with Crippen LogP contribution < -0.4 is 15.2 Å². The van der Waals surface area contributed by atoms with Crippen molar-refractivity contribution in [2.24, 2.45) is 10.9 Å². The number of nitrogens with two attached hydrogens (primary N) is 1. The van der Waals surface area contributed by atoms with Crippen LogP contribution >= 0.6 is 11.6 Å². The Hall–Kier alpha value is -2.40. The number of halogens is 1. The summed E-state index contributed by atoms with van der Waals surface area (Å²) in [5.41, 5.74) is 6.99. The molecule has 0 amide bonds. The standard InChI is InChI=1S/C15H15ClN2O3/c1-20-14-6-5-10(7-13(14)15(17)18-19)9-21-12-4-2-3-11(16)8-12/h2-8,19H,9H2,1H3,(H2,17,18). The summed E-state index contributed by atoms with van der Waals surface area (Å²) in [5, 5.41) is 12.4. The zero-order chi connectivity index (χ0) is 15.2. The molecule has 0 aliphatic heterocycles. The molecular weight excluding hydrogens is 292 g/mol. The lowest BCUT2D eigenvalue weighted by molar-refractivity contribution is 0.305. The molecule has 0 bridgehead atoms. The summed E-state index contributed by atoms with van der Waals surface area (Å²) in [7, 11) is 1.52. The van der Waals surface area contributed by atoms with Crippen molar-refractivity contribution in [1.29, 1.82) is 0 Å². The maximum atomic E-state index is 8.80. The molecule has 0 spiro atoms. The molecule has 0 radical (unpaired) electrons. The van der Waals surface area contributed by atoms with Crippen LogP contribution in [0.1, 0.15) is 11.1 Å². The molecule has 2 aromatic rings. The van der Waals surface area contributed by atoms with Crippen molar-refractivity contribution in [3.8, 4) is 11.5 Å². The lowest BCUT2D eigenvalue weighted by Crippen LogP contribution is -2.15. The van der Waals surface area contributed by atoms with Gasteiger partial charge in [0.1, 0.15) is 18.1 Å². The zero-order valence-electron chi connectivity index (χ0n) is 11.4. The molecular formula is C15H15ClN2O3. The van der Waals surface area contributed by atoms with Gasteiger partial charge in [0.15, 0.2) is 5.84 Å². The summed E-state index contributed by atoms with van der Waals surface area (Å²) in [6.45, 7) is 0.329. The molecule has 0 atom stereocenters. The minimum Gasteiger partial charge on any atom is -0.496 e. The van der Waals surface area contributed by atoms with Crippen LogP contribution in [0.15, 0.2) is 47.6 Å². The van der Waals surface area contributed by atoms with Crippen LogP contribution in [0.4, 0.5) is 0 Å². The Labute approximate surface area is 127 Å². The molecule has 2 rings (SSSR count). The van der Waals surface area contributed by atoms with Gasteiger partial charge in [0.25, 0.3) is 0 Å². The van der Waals surface area contributed by atoms with E-state index in [1.54, 1.807) is 24.3 Å². The second kappa shape index (κ2) is 6.85. The van der Waals surface area contributed by atoms with Crippen LogP contribution in [-0.2, 0) is 6.61 Å². The number of oxime groups is 1. The lowest BCUT2D eigenvalue weighted by Gasteiger charge is -2.11. The number of rotatable bonds is 5. The fourth-order valence-corrected chi connectivity index (χ4v) is 2.00. The van der Waals surface area contributed by atoms with E-state index in [0.29, 0.717) is 28.7 Å². The van der Waals surface area contributed by atoms with Gasteiger partial charge < -0.3 is 20.4 Å². The minimum absolute atomic E-state index is 0.0172. The summed E-state index contributed by atoms with van der Waals surface area (Å²) in [6.07, 6.45) is 0. The van der Waals surface area contributed by atoms with Gasteiger partial charge in [-0.3, -0.25) is 0 Å². The van der Waals surface area contributed by atoms with Gasteiger partial charge >= 0.3 is 0 Å². The fraction of sp³-hybridized carbons (Fsp3) is 0.133. The van der Waals surface area contributed by atoms with Crippen molar-refractivity contribution in [2.75, 3.05) is 7.11 Å². The van der Waals surface area contributed by atoms with Crippen molar-refractivity contribution in [3.05, 3.63) is 58.6 Å². The first-order valence-corrected chi connectivity index (χ1v) is 6.55. The van der Waals surface area contributed by atoms with Crippen LogP contribution in [0, 0.1) is 0 Å². The van der Waals surface area contributed by atoms with Crippen LogP contribution in [0.3, 0.4) is 0 Å². The van der Waals surface area contributed by atoms with Gasteiger partial charge in [0, 0.05) is 5.02 Å². The second-order valence-electron chi connectivity index (χ2n) is 4.27. The average Bonchev–Trinajstić information content (AvgIpc) is 2.52. The van der Waals surface area contributed by atoms with Gasteiger partial charge in [-0.2, -0.15) is 0 Å².